The highest BCUT2D eigenvalue weighted by molar-refractivity contribution is 6.25. The topological polar surface area (TPSA) is 132 Å². The molecule has 42 heavy (non-hydrogen) atoms. The number of hydrogen-bond acceptors (Lipinski definition) is 7. The van der Waals surface area contributed by atoms with Crippen LogP contribution >= 0.6 is 0 Å². The maximum atomic E-state index is 14.7. The summed E-state index contributed by atoms with van der Waals surface area (Å²) in [5, 5.41) is 46.9. The second-order valence-corrected chi connectivity index (χ2v) is 14.3. The first kappa shape index (κ1) is 30.5. The Morgan fingerprint density at radius 1 is 1.02 bits per heavy atom. The molecule has 4 aliphatic carbocycles. The van der Waals surface area contributed by atoms with E-state index in [-0.39, 0.29) is 34.6 Å². The van der Waals surface area contributed by atoms with Crippen molar-refractivity contribution in [3.8, 4) is 5.75 Å². The van der Waals surface area contributed by atoms with Crippen LogP contribution in [0.2, 0.25) is 0 Å². The van der Waals surface area contributed by atoms with Crippen molar-refractivity contribution in [1.29, 1.82) is 0 Å². The fourth-order valence-electron chi connectivity index (χ4n) is 9.63. The molecule has 6 atom stereocenters. The first-order valence-corrected chi connectivity index (χ1v) is 15.6. The summed E-state index contributed by atoms with van der Waals surface area (Å²) in [5.74, 6) is -5.84. The molecule has 0 aromatic heterocycles. The van der Waals surface area contributed by atoms with E-state index in [0.29, 0.717) is 5.56 Å². The Bertz CT molecular complexity index is 1430. The lowest BCUT2D eigenvalue weighted by atomic mass is 9.38. The minimum absolute atomic E-state index is 0.0694. The van der Waals surface area contributed by atoms with Gasteiger partial charge in [-0.15, -0.1) is 0 Å². The Hall–Kier alpha value is -2.93. The Balaban J connectivity index is 1.78. The molecule has 7 heteroatoms. The Morgan fingerprint density at radius 2 is 1.64 bits per heavy atom. The average Bonchev–Trinajstić information content (AvgIpc) is 2.93. The van der Waals surface area contributed by atoms with Crippen molar-refractivity contribution >= 4 is 23.1 Å². The van der Waals surface area contributed by atoms with Crippen LogP contribution in [0.1, 0.15) is 110 Å². The SMILES string of the molecule is CCC1(CC(=O)C2=C(O)[C@]3(O)C(=O)C4=C(O)c5c(O)cccc5[C@@H](C)[C@]4(C)[C@@H](C)[C@]3(C)C(C(C)C)C2=O)CCCCC1. The van der Waals surface area contributed by atoms with E-state index in [2.05, 4.69) is 0 Å². The summed E-state index contributed by atoms with van der Waals surface area (Å²) in [7, 11) is 0. The van der Waals surface area contributed by atoms with Crippen LogP contribution in [0.5, 0.6) is 5.75 Å². The molecule has 1 aromatic carbocycles. The van der Waals surface area contributed by atoms with Gasteiger partial charge in [0, 0.05) is 28.7 Å². The number of hydrogen-bond donors (Lipinski definition) is 4. The Kier molecular flexibility index (Phi) is 7.12. The van der Waals surface area contributed by atoms with Gasteiger partial charge in [0.1, 0.15) is 22.8 Å². The number of aliphatic hydroxyl groups excluding tert-OH is 2. The van der Waals surface area contributed by atoms with Gasteiger partial charge in [0.15, 0.2) is 17.2 Å². The van der Waals surface area contributed by atoms with E-state index >= 15 is 0 Å². The molecule has 4 aliphatic rings. The third-order valence-corrected chi connectivity index (χ3v) is 12.5. The maximum Gasteiger partial charge on any atom is 0.203 e. The van der Waals surface area contributed by atoms with E-state index in [9.17, 15) is 34.8 Å². The van der Waals surface area contributed by atoms with Gasteiger partial charge in [0.2, 0.25) is 5.78 Å². The summed E-state index contributed by atoms with van der Waals surface area (Å²) in [5.41, 5.74) is -5.26. The summed E-state index contributed by atoms with van der Waals surface area (Å²) >= 11 is 0. The minimum Gasteiger partial charge on any atom is -0.508 e. The molecule has 7 nitrogen and oxygen atoms in total. The molecule has 5 rings (SSSR count). The summed E-state index contributed by atoms with van der Waals surface area (Å²) in [6.07, 6.45) is 5.60. The smallest absolute Gasteiger partial charge is 0.203 e. The van der Waals surface area contributed by atoms with Gasteiger partial charge in [-0.05, 0) is 47.6 Å². The lowest BCUT2D eigenvalue weighted by Crippen LogP contribution is -2.73. The van der Waals surface area contributed by atoms with Crippen molar-refractivity contribution in [3.63, 3.8) is 0 Å². The highest BCUT2D eigenvalue weighted by Crippen LogP contribution is 2.70. The van der Waals surface area contributed by atoms with Crippen LogP contribution in [0.25, 0.3) is 5.76 Å². The molecule has 4 N–H and O–H groups in total. The minimum atomic E-state index is -2.63. The molecule has 1 unspecified atom stereocenters. The second-order valence-electron chi connectivity index (χ2n) is 14.3. The number of rotatable bonds is 5. The first-order chi connectivity index (χ1) is 19.6. The monoisotopic (exact) mass is 578 g/mol. The number of aromatic hydroxyl groups is 1. The van der Waals surface area contributed by atoms with Crippen molar-refractivity contribution in [1.82, 2.24) is 0 Å². The molecular formula is C35H46O7. The average molecular weight is 579 g/mol. The highest BCUT2D eigenvalue weighted by Gasteiger charge is 2.76. The number of aliphatic hydroxyl groups is 3. The Morgan fingerprint density at radius 3 is 2.21 bits per heavy atom. The van der Waals surface area contributed by atoms with Crippen molar-refractivity contribution in [2.24, 2.45) is 34.0 Å². The third-order valence-electron chi connectivity index (χ3n) is 12.5. The van der Waals surface area contributed by atoms with Crippen LogP contribution in [0, 0.1) is 34.0 Å². The molecule has 0 heterocycles. The van der Waals surface area contributed by atoms with E-state index < -0.39 is 68.6 Å². The van der Waals surface area contributed by atoms with E-state index in [1.54, 1.807) is 19.1 Å². The number of fused-ring (bicyclic) bond motifs is 3. The van der Waals surface area contributed by atoms with Crippen molar-refractivity contribution in [2.75, 3.05) is 0 Å². The number of ketones is 3. The van der Waals surface area contributed by atoms with Gasteiger partial charge in [0.05, 0.1) is 5.56 Å². The van der Waals surface area contributed by atoms with Crippen molar-refractivity contribution in [3.05, 3.63) is 46.2 Å². The lowest BCUT2D eigenvalue weighted by Gasteiger charge is -2.64. The molecular weight excluding hydrogens is 532 g/mol. The number of benzene rings is 1. The predicted molar refractivity (Wildman–Crippen MR) is 160 cm³/mol. The second kappa shape index (κ2) is 9.80. The molecule has 2 saturated carbocycles. The van der Waals surface area contributed by atoms with Crippen LogP contribution in [-0.2, 0) is 14.4 Å². The third kappa shape index (κ3) is 3.58. The van der Waals surface area contributed by atoms with Gasteiger partial charge >= 0.3 is 0 Å². The molecule has 2 fully saturated rings. The van der Waals surface area contributed by atoms with Crippen molar-refractivity contribution < 1.29 is 34.8 Å². The van der Waals surface area contributed by atoms with Gasteiger partial charge in [0.25, 0.3) is 0 Å². The molecule has 0 saturated heterocycles. The Labute approximate surface area is 248 Å². The summed E-state index contributed by atoms with van der Waals surface area (Å²) in [4.78, 5) is 43.2. The van der Waals surface area contributed by atoms with Gasteiger partial charge < -0.3 is 20.4 Å². The molecule has 0 spiro atoms. The quantitative estimate of drug-likeness (QED) is 0.285. The van der Waals surface area contributed by atoms with Crippen molar-refractivity contribution in [2.45, 2.75) is 105 Å². The van der Waals surface area contributed by atoms with Crippen LogP contribution in [0.4, 0.5) is 0 Å². The fraction of sp³-hybridized carbons (Fsp3) is 0.629. The molecule has 0 radical (unpaired) electrons. The number of carbonyl (C=O) groups excluding carboxylic acids is 3. The molecule has 0 aliphatic heterocycles. The van der Waals surface area contributed by atoms with E-state index in [1.165, 1.54) is 6.07 Å². The summed E-state index contributed by atoms with van der Waals surface area (Å²) < 4.78 is 0. The number of phenols is 1. The summed E-state index contributed by atoms with van der Waals surface area (Å²) in [6.45, 7) is 13.0. The number of Topliss-reactive ketones (excluding diaryl/α,β-unsaturated/α-hetero) is 3. The molecule has 0 bridgehead atoms. The maximum absolute atomic E-state index is 14.7. The van der Waals surface area contributed by atoms with Gasteiger partial charge in [-0.25, -0.2) is 0 Å². The standard InChI is InChI=1S/C35H46O7/c1-8-34(15-10-9-11-16-34)17-23(37)25-29(39)26(18(2)3)33(7)20(5)32(6)19(4)21-13-12-14-22(36)24(21)28(38)27(32)31(41)35(33,42)30(25)40/h12-14,18-20,26,36,38,40,42H,8-11,15-17H2,1-7H3/t19-,20-,26?,32-,33-,35+/m1/s1. The van der Waals surface area contributed by atoms with Crippen LogP contribution in [0.15, 0.2) is 35.1 Å². The number of allylic oxidation sites excluding steroid dienone is 1. The van der Waals surface area contributed by atoms with Crippen LogP contribution in [0.3, 0.4) is 0 Å². The molecule has 228 valence electrons. The van der Waals surface area contributed by atoms with Gasteiger partial charge in [-0.1, -0.05) is 86.3 Å². The predicted octanol–water partition coefficient (Wildman–Crippen LogP) is 6.73. The number of phenolic OH excluding ortho intramolecular Hbond substituents is 1. The van der Waals surface area contributed by atoms with E-state index in [0.717, 1.165) is 38.5 Å². The fourth-order valence-corrected chi connectivity index (χ4v) is 9.63. The molecule has 0 amide bonds. The highest BCUT2D eigenvalue weighted by atomic mass is 16.3. The zero-order valence-electron chi connectivity index (χ0n) is 26.0. The van der Waals surface area contributed by atoms with E-state index in [1.807, 2.05) is 41.5 Å². The van der Waals surface area contributed by atoms with E-state index in [4.69, 9.17) is 0 Å². The zero-order valence-corrected chi connectivity index (χ0v) is 26.0. The van der Waals surface area contributed by atoms with Crippen LogP contribution in [-0.4, -0.2) is 43.4 Å². The lowest BCUT2D eigenvalue weighted by molar-refractivity contribution is -0.195. The zero-order chi connectivity index (χ0) is 31.2. The van der Waals surface area contributed by atoms with Crippen LogP contribution < -0.4 is 0 Å². The normalized spacial score (nSPS) is 36.1. The summed E-state index contributed by atoms with van der Waals surface area (Å²) in [6, 6.07) is 4.91. The molecule has 1 aromatic rings. The van der Waals surface area contributed by atoms with Gasteiger partial charge in [-0.2, -0.15) is 0 Å². The first-order valence-electron chi connectivity index (χ1n) is 15.6. The largest absolute Gasteiger partial charge is 0.508 e. The number of carbonyl (C=O) groups is 3. The van der Waals surface area contributed by atoms with Gasteiger partial charge in [-0.3, -0.25) is 14.4 Å².